The molecule has 0 aromatic heterocycles. The van der Waals surface area contributed by atoms with Gasteiger partial charge in [-0.15, -0.1) is 0 Å². The second-order valence-electron chi connectivity index (χ2n) is 6.77. The van der Waals surface area contributed by atoms with Crippen LogP contribution in [-0.2, 0) is 14.8 Å². The number of piperidine rings is 1. The van der Waals surface area contributed by atoms with Crippen LogP contribution in [0.4, 0.5) is 4.39 Å². The van der Waals surface area contributed by atoms with Gasteiger partial charge < -0.3 is 4.90 Å². The summed E-state index contributed by atoms with van der Waals surface area (Å²) in [7, 11) is -3.27. The smallest absolute Gasteiger partial charge is 0.226 e. The lowest BCUT2D eigenvalue weighted by Gasteiger charge is -2.36. The molecule has 1 aromatic rings. The molecule has 0 radical (unpaired) electrons. The van der Waals surface area contributed by atoms with E-state index in [1.165, 1.54) is 6.07 Å². The third-order valence-electron chi connectivity index (χ3n) is 4.90. The van der Waals surface area contributed by atoms with Gasteiger partial charge in [0.15, 0.2) is 0 Å². The molecule has 1 aliphatic carbocycles. The summed E-state index contributed by atoms with van der Waals surface area (Å²) in [5.74, 6) is -0.458. The highest BCUT2D eigenvalue weighted by molar-refractivity contribution is 7.88. The Bertz CT molecular complexity index is 722. The van der Waals surface area contributed by atoms with Crippen molar-refractivity contribution >= 4 is 15.9 Å². The maximum atomic E-state index is 13.9. The van der Waals surface area contributed by atoms with Crippen molar-refractivity contribution < 1.29 is 17.6 Å². The topological polar surface area (TPSA) is 66.5 Å². The molecule has 1 saturated heterocycles. The van der Waals surface area contributed by atoms with Gasteiger partial charge in [0, 0.05) is 25.0 Å². The standard InChI is InChI=1S/C17H23FN2O3S/c1-24(22,23)19-11-12-6-4-5-9-20(12)17(21)15-10-14(15)13-7-2-3-8-16(13)18/h2-3,7-8,12,14-15,19H,4-6,9-11H2,1H3/t12-,14+,15+/m0/s1. The fourth-order valence-electron chi connectivity index (χ4n) is 3.55. The summed E-state index contributed by atoms with van der Waals surface area (Å²) in [4.78, 5) is 14.6. The lowest BCUT2D eigenvalue weighted by atomic mass is 10.0. The minimum absolute atomic E-state index is 0.0308. The van der Waals surface area contributed by atoms with Gasteiger partial charge in [0.05, 0.1) is 6.26 Å². The Labute approximate surface area is 142 Å². The van der Waals surface area contributed by atoms with Gasteiger partial charge in [-0.1, -0.05) is 18.2 Å². The van der Waals surface area contributed by atoms with Crippen molar-refractivity contribution in [1.82, 2.24) is 9.62 Å². The van der Waals surface area contributed by atoms with Gasteiger partial charge >= 0.3 is 0 Å². The van der Waals surface area contributed by atoms with E-state index < -0.39 is 10.0 Å². The van der Waals surface area contributed by atoms with Crippen molar-refractivity contribution in [2.75, 3.05) is 19.3 Å². The largest absolute Gasteiger partial charge is 0.338 e. The molecule has 1 aliphatic heterocycles. The summed E-state index contributed by atoms with van der Waals surface area (Å²) in [6.45, 7) is 0.900. The number of halogens is 1. The molecule has 132 valence electrons. The fourth-order valence-corrected chi connectivity index (χ4v) is 4.05. The maximum absolute atomic E-state index is 13.9. The number of hydrogen-bond donors (Lipinski definition) is 1. The lowest BCUT2D eigenvalue weighted by Crippen LogP contribution is -2.49. The predicted octanol–water partition coefficient (Wildman–Crippen LogP) is 1.86. The first-order chi connectivity index (χ1) is 11.4. The Balaban J connectivity index is 1.66. The number of carbonyl (C=O) groups excluding carboxylic acids is 1. The van der Waals surface area contributed by atoms with Crippen molar-refractivity contribution in [2.24, 2.45) is 5.92 Å². The minimum atomic E-state index is -3.27. The van der Waals surface area contributed by atoms with Crippen LogP contribution in [0.5, 0.6) is 0 Å². The van der Waals surface area contributed by atoms with Crippen LogP contribution in [0.25, 0.3) is 0 Å². The zero-order valence-corrected chi connectivity index (χ0v) is 14.6. The quantitative estimate of drug-likeness (QED) is 0.878. The van der Waals surface area contributed by atoms with E-state index in [1.54, 1.807) is 23.1 Å². The normalized spacial score (nSPS) is 27.1. The molecule has 1 saturated carbocycles. The summed E-state index contributed by atoms with van der Waals surface area (Å²) in [6, 6.07) is 6.50. The van der Waals surface area contributed by atoms with E-state index in [9.17, 15) is 17.6 Å². The zero-order chi connectivity index (χ0) is 17.3. The molecule has 7 heteroatoms. The van der Waals surface area contributed by atoms with Gasteiger partial charge in [-0.05, 0) is 43.2 Å². The molecule has 0 unspecified atom stereocenters. The van der Waals surface area contributed by atoms with Gasteiger partial charge in [0.25, 0.3) is 0 Å². The highest BCUT2D eigenvalue weighted by Crippen LogP contribution is 2.49. The summed E-state index contributed by atoms with van der Waals surface area (Å²) in [5, 5.41) is 0. The fraction of sp³-hybridized carbons (Fsp3) is 0.588. The van der Waals surface area contributed by atoms with Gasteiger partial charge in [-0.25, -0.2) is 17.5 Å². The van der Waals surface area contributed by atoms with Crippen molar-refractivity contribution in [2.45, 2.75) is 37.6 Å². The third kappa shape index (κ3) is 3.95. The molecule has 2 aliphatic rings. The lowest BCUT2D eigenvalue weighted by molar-refractivity contribution is -0.136. The Kier molecular flexibility index (Phi) is 4.92. The van der Waals surface area contributed by atoms with Crippen molar-refractivity contribution in [3.05, 3.63) is 35.6 Å². The monoisotopic (exact) mass is 354 g/mol. The summed E-state index contributed by atoms with van der Waals surface area (Å²) >= 11 is 0. The number of sulfonamides is 1. The van der Waals surface area contributed by atoms with Crippen LogP contribution in [0.1, 0.15) is 37.2 Å². The highest BCUT2D eigenvalue weighted by atomic mass is 32.2. The first-order valence-electron chi connectivity index (χ1n) is 8.36. The van der Waals surface area contributed by atoms with Gasteiger partial charge in [0.1, 0.15) is 5.82 Å². The molecule has 1 N–H and O–H groups in total. The number of rotatable bonds is 5. The number of carbonyl (C=O) groups is 1. The number of likely N-dealkylation sites (tertiary alicyclic amines) is 1. The van der Waals surface area contributed by atoms with Crippen molar-refractivity contribution in [3.63, 3.8) is 0 Å². The van der Waals surface area contributed by atoms with Crippen molar-refractivity contribution in [1.29, 1.82) is 0 Å². The SMILES string of the molecule is CS(=O)(=O)NC[C@@H]1CCCCN1C(=O)[C@@H]1C[C@@H]1c1ccccc1F. The van der Waals surface area contributed by atoms with Crippen LogP contribution in [0.15, 0.2) is 24.3 Å². The average molecular weight is 354 g/mol. The molecule has 1 amide bonds. The van der Waals surface area contributed by atoms with Gasteiger partial charge in [-0.3, -0.25) is 4.79 Å². The Hall–Kier alpha value is -1.47. The Morgan fingerprint density at radius 1 is 1.33 bits per heavy atom. The average Bonchev–Trinajstić information content (AvgIpc) is 3.33. The summed E-state index contributed by atoms with van der Waals surface area (Å²) in [6.07, 6.45) is 4.50. The molecule has 3 rings (SSSR count). The molecule has 5 nitrogen and oxygen atoms in total. The predicted molar refractivity (Wildman–Crippen MR) is 89.4 cm³/mol. The van der Waals surface area contributed by atoms with Crippen LogP contribution < -0.4 is 4.72 Å². The first-order valence-corrected chi connectivity index (χ1v) is 10.3. The number of hydrogen-bond acceptors (Lipinski definition) is 3. The molecule has 0 spiro atoms. The van der Waals surface area contributed by atoms with Crippen LogP contribution in [0, 0.1) is 11.7 Å². The molecule has 1 aromatic carbocycles. The summed E-state index contributed by atoms with van der Waals surface area (Å²) in [5.41, 5.74) is 0.610. The molecule has 24 heavy (non-hydrogen) atoms. The van der Waals surface area contributed by atoms with Gasteiger partial charge in [0.2, 0.25) is 15.9 Å². The second-order valence-corrected chi connectivity index (χ2v) is 8.61. The van der Waals surface area contributed by atoms with E-state index in [-0.39, 0.29) is 36.1 Å². The molecule has 0 bridgehead atoms. The van der Waals surface area contributed by atoms with E-state index in [0.717, 1.165) is 25.5 Å². The molecule has 1 heterocycles. The Morgan fingerprint density at radius 2 is 2.08 bits per heavy atom. The second kappa shape index (κ2) is 6.80. The van der Waals surface area contributed by atoms with Crippen molar-refractivity contribution in [3.8, 4) is 0 Å². The van der Waals surface area contributed by atoms with Crippen LogP contribution in [-0.4, -0.2) is 44.6 Å². The minimum Gasteiger partial charge on any atom is -0.338 e. The van der Waals surface area contributed by atoms with Crippen LogP contribution in [0.3, 0.4) is 0 Å². The molecular formula is C17H23FN2O3S. The van der Waals surface area contributed by atoms with E-state index in [4.69, 9.17) is 0 Å². The molecule has 3 atom stereocenters. The van der Waals surface area contributed by atoms with E-state index in [1.807, 2.05) is 0 Å². The van der Waals surface area contributed by atoms with E-state index >= 15 is 0 Å². The maximum Gasteiger partial charge on any atom is 0.226 e. The van der Waals surface area contributed by atoms with Gasteiger partial charge in [-0.2, -0.15) is 0 Å². The number of benzene rings is 1. The van der Waals surface area contributed by atoms with Crippen LogP contribution in [0.2, 0.25) is 0 Å². The summed E-state index contributed by atoms with van der Waals surface area (Å²) < 4.78 is 39.0. The first kappa shape index (κ1) is 17.4. The zero-order valence-electron chi connectivity index (χ0n) is 13.7. The molecular weight excluding hydrogens is 331 g/mol. The molecule has 2 fully saturated rings. The highest BCUT2D eigenvalue weighted by Gasteiger charge is 2.48. The van der Waals surface area contributed by atoms with E-state index in [2.05, 4.69) is 4.72 Å². The Morgan fingerprint density at radius 3 is 2.79 bits per heavy atom. The number of nitrogens with one attached hydrogen (secondary N) is 1. The van der Waals surface area contributed by atoms with Crippen LogP contribution >= 0.6 is 0 Å². The number of amides is 1. The van der Waals surface area contributed by atoms with E-state index in [0.29, 0.717) is 18.5 Å². The third-order valence-corrected chi connectivity index (χ3v) is 5.59. The number of nitrogens with zero attached hydrogens (tertiary/aromatic N) is 1.